The Hall–Kier alpha value is -3.10. The molecule has 6 nitrogen and oxygen atoms in total. The quantitative estimate of drug-likeness (QED) is 0.791. The predicted octanol–water partition coefficient (Wildman–Crippen LogP) is 3.60. The molecule has 2 aliphatic rings. The molecular formula is C20H20F3N5O. The third kappa shape index (κ3) is 3.76. The Kier molecular flexibility index (Phi) is 4.89. The number of aromatic nitrogens is 2. The van der Waals surface area contributed by atoms with Crippen molar-refractivity contribution in [3.63, 3.8) is 0 Å². The van der Waals surface area contributed by atoms with Gasteiger partial charge >= 0.3 is 6.18 Å². The first kappa shape index (κ1) is 19.2. The van der Waals surface area contributed by atoms with Crippen molar-refractivity contribution >= 4 is 23.2 Å². The third-order valence-corrected chi connectivity index (χ3v) is 5.36. The van der Waals surface area contributed by atoms with Gasteiger partial charge in [-0.1, -0.05) is 6.58 Å². The smallest absolute Gasteiger partial charge is 0.349 e. The Morgan fingerprint density at radius 1 is 1.10 bits per heavy atom. The second-order valence-corrected chi connectivity index (χ2v) is 7.17. The molecule has 2 aromatic rings. The molecule has 4 rings (SSSR count). The summed E-state index contributed by atoms with van der Waals surface area (Å²) < 4.78 is 38.3. The van der Waals surface area contributed by atoms with Crippen LogP contribution in [0.4, 0.5) is 30.5 Å². The van der Waals surface area contributed by atoms with Gasteiger partial charge in [0, 0.05) is 43.3 Å². The second kappa shape index (κ2) is 7.38. The number of carbonyl (C=O) groups is 1. The van der Waals surface area contributed by atoms with E-state index in [2.05, 4.69) is 26.8 Å². The fourth-order valence-electron chi connectivity index (χ4n) is 4.07. The molecule has 1 amide bonds. The monoisotopic (exact) mass is 403 g/mol. The molecule has 1 N–H and O–H groups in total. The lowest BCUT2D eigenvalue weighted by Crippen LogP contribution is -2.55. The molecule has 3 heterocycles. The molecule has 29 heavy (non-hydrogen) atoms. The van der Waals surface area contributed by atoms with E-state index in [4.69, 9.17) is 0 Å². The van der Waals surface area contributed by atoms with E-state index < -0.39 is 11.7 Å². The first-order chi connectivity index (χ1) is 13.9. The van der Waals surface area contributed by atoms with Crippen LogP contribution in [-0.2, 0) is 11.0 Å². The molecule has 9 heteroatoms. The molecule has 2 atom stereocenters. The minimum absolute atomic E-state index is 0.0561. The number of hydrogen-bond acceptors (Lipinski definition) is 5. The van der Waals surface area contributed by atoms with E-state index in [1.807, 2.05) is 4.90 Å². The minimum atomic E-state index is -4.38. The molecule has 0 unspecified atom stereocenters. The highest BCUT2D eigenvalue weighted by Gasteiger charge is 2.42. The van der Waals surface area contributed by atoms with Crippen LogP contribution >= 0.6 is 0 Å². The summed E-state index contributed by atoms with van der Waals surface area (Å²) in [6.07, 6.45) is 1.92. The lowest BCUT2D eigenvalue weighted by atomic mass is 10.1. The second-order valence-electron chi connectivity index (χ2n) is 7.17. The number of nitrogens with zero attached hydrogens (tertiary/aromatic N) is 4. The molecule has 2 fully saturated rings. The van der Waals surface area contributed by atoms with Gasteiger partial charge in [0.1, 0.15) is 0 Å². The topological polar surface area (TPSA) is 61.4 Å². The summed E-state index contributed by atoms with van der Waals surface area (Å²) >= 11 is 0. The maximum atomic E-state index is 12.8. The summed E-state index contributed by atoms with van der Waals surface area (Å²) in [4.78, 5) is 24.9. The average molecular weight is 403 g/mol. The third-order valence-electron chi connectivity index (χ3n) is 5.36. The standard InChI is InChI=1S/C20H20F3N5O/c1-2-17(29)28-15-7-8-16(28)12-27(11-15)19-18(24-9-10-25-19)26-14-5-3-13(4-6-14)20(21,22)23/h2-6,9-10,15-16H,1,7-8,11-12H2,(H,24,26)/t15-,16+. The Morgan fingerprint density at radius 3 is 2.31 bits per heavy atom. The van der Waals surface area contributed by atoms with E-state index in [-0.39, 0.29) is 18.0 Å². The van der Waals surface area contributed by atoms with E-state index >= 15 is 0 Å². The Bertz CT molecular complexity index is 901. The molecule has 2 bridgehead atoms. The molecule has 0 saturated carbocycles. The van der Waals surface area contributed by atoms with Crippen molar-refractivity contribution in [3.8, 4) is 0 Å². The van der Waals surface area contributed by atoms with E-state index in [0.717, 1.165) is 25.0 Å². The van der Waals surface area contributed by atoms with Gasteiger partial charge in [-0.05, 0) is 43.2 Å². The first-order valence-corrected chi connectivity index (χ1v) is 9.32. The van der Waals surface area contributed by atoms with Gasteiger partial charge in [-0.25, -0.2) is 9.97 Å². The molecule has 2 aliphatic heterocycles. The van der Waals surface area contributed by atoms with E-state index in [0.29, 0.717) is 30.4 Å². The molecule has 1 aromatic carbocycles. The number of halogens is 3. The zero-order chi connectivity index (χ0) is 20.6. The van der Waals surface area contributed by atoms with Crippen molar-refractivity contribution in [1.29, 1.82) is 0 Å². The highest BCUT2D eigenvalue weighted by Crippen LogP contribution is 2.35. The number of amides is 1. The SMILES string of the molecule is C=CC(=O)N1[C@@H]2CC[C@H]1CN(c1nccnc1Nc1ccc(C(F)(F)F)cc1)C2. The van der Waals surface area contributed by atoms with Gasteiger partial charge in [-0.15, -0.1) is 0 Å². The number of alkyl halides is 3. The fraction of sp³-hybridized carbons (Fsp3) is 0.350. The number of anilines is 3. The highest BCUT2D eigenvalue weighted by molar-refractivity contribution is 5.88. The number of benzene rings is 1. The van der Waals surface area contributed by atoms with E-state index in [1.165, 1.54) is 24.4 Å². The van der Waals surface area contributed by atoms with Gasteiger partial charge in [0.05, 0.1) is 5.56 Å². The minimum Gasteiger partial charge on any atom is -0.349 e. The Morgan fingerprint density at radius 2 is 1.72 bits per heavy atom. The van der Waals surface area contributed by atoms with Crippen LogP contribution in [0.25, 0.3) is 0 Å². The van der Waals surface area contributed by atoms with E-state index in [1.54, 1.807) is 6.20 Å². The summed E-state index contributed by atoms with van der Waals surface area (Å²) in [5.74, 6) is 1.03. The van der Waals surface area contributed by atoms with Gasteiger partial charge in [0.25, 0.3) is 0 Å². The molecule has 0 radical (unpaired) electrons. The zero-order valence-electron chi connectivity index (χ0n) is 15.6. The number of carbonyl (C=O) groups excluding carboxylic acids is 1. The largest absolute Gasteiger partial charge is 0.416 e. The van der Waals surface area contributed by atoms with Crippen molar-refractivity contribution in [2.24, 2.45) is 0 Å². The maximum absolute atomic E-state index is 12.8. The number of fused-ring (bicyclic) bond motifs is 2. The van der Waals surface area contributed by atoms with Crippen LogP contribution in [-0.4, -0.2) is 45.9 Å². The van der Waals surface area contributed by atoms with Gasteiger partial charge in [-0.2, -0.15) is 13.2 Å². The first-order valence-electron chi connectivity index (χ1n) is 9.32. The number of piperazine rings is 1. The molecule has 152 valence electrons. The van der Waals surface area contributed by atoms with Crippen LogP contribution in [0.5, 0.6) is 0 Å². The van der Waals surface area contributed by atoms with Crippen LogP contribution < -0.4 is 10.2 Å². The molecule has 1 aromatic heterocycles. The van der Waals surface area contributed by atoms with Crippen molar-refractivity contribution in [2.45, 2.75) is 31.1 Å². The zero-order valence-corrected chi connectivity index (χ0v) is 15.6. The van der Waals surface area contributed by atoms with Crippen LogP contribution in [0, 0.1) is 0 Å². The van der Waals surface area contributed by atoms with Crippen molar-refractivity contribution < 1.29 is 18.0 Å². The maximum Gasteiger partial charge on any atom is 0.416 e. The highest BCUT2D eigenvalue weighted by atomic mass is 19.4. The lowest BCUT2D eigenvalue weighted by Gasteiger charge is -2.41. The molecule has 0 aliphatic carbocycles. The van der Waals surface area contributed by atoms with Gasteiger partial charge < -0.3 is 15.1 Å². The number of hydrogen-bond donors (Lipinski definition) is 1. The fourth-order valence-corrected chi connectivity index (χ4v) is 4.07. The summed E-state index contributed by atoms with van der Waals surface area (Å²) in [5, 5.41) is 3.06. The van der Waals surface area contributed by atoms with Crippen LogP contribution in [0.2, 0.25) is 0 Å². The van der Waals surface area contributed by atoms with Crippen molar-refractivity contribution in [2.75, 3.05) is 23.3 Å². The normalized spacial score (nSPS) is 21.2. The number of nitrogens with one attached hydrogen (secondary N) is 1. The Labute approximate surface area is 166 Å². The summed E-state index contributed by atoms with van der Waals surface area (Å²) in [6.45, 7) is 4.83. The van der Waals surface area contributed by atoms with Crippen LogP contribution in [0.3, 0.4) is 0 Å². The molecule has 2 saturated heterocycles. The van der Waals surface area contributed by atoms with Crippen LogP contribution in [0.15, 0.2) is 49.3 Å². The van der Waals surface area contributed by atoms with Crippen molar-refractivity contribution in [3.05, 3.63) is 54.9 Å². The average Bonchev–Trinajstić information content (AvgIpc) is 2.97. The van der Waals surface area contributed by atoms with E-state index in [9.17, 15) is 18.0 Å². The summed E-state index contributed by atoms with van der Waals surface area (Å²) in [5.41, 5.74) is -0.217. The number of rotatable bonds is 4. The van der Waals surface area contributed by atoms with Gasteiger partial charge in [0.2, 0.25) is 5.91 Å². The molecule has 0 spiro atoms. The Balaban J connectivity index is 1.54. The van der Waals surface area contributed by atoms with Gasteiger partial charge in [-0.3, -0.25) is 4.79 Å². The van der Waals surface area contributed by atoms with Crippen molar-refractivity contribution in [1.82, 2.24) is 14.9 Å². The lowest BCUT2D eigenvalue weighted by molar-refractivity contribution is -0.137. The predicted molar refractivity (Wildman–Crippen MR) is 103 cm³/mol. The molecular weight excluding hydrogens is 383 g/mol. The summed E-state index contributed by atoms with van der Waals surface area (Å²) in [6, 6.07) is 4.95. The van der Waals surface area contributed by atoms with Gasteiger partial charge in [0.15, 0.2) is 11.6 Å². The van der Waals surface area contributed by atoms with Crippen LogP contribution in [0.1, 0.15) is 18.4 Å². The summed E-state index contributed by atoms with van der Waals surface area (Å²) in [7, 11) is 0.